The van der Waals surface area contributed by atoms with E-state index in [1.807, 2.05) is 4.90 Å². The molecule has 1 aliphatic rings. The van der Waals surface area contributed by atoms with Crippen LogP contribution in [0.4, 0.5) is 14.5 Å². The molecular formula is C12H14F2N2. The smallest absolute Gasteiger partial charge is 0.149 e. The number of rotatable bonds is 2. The molecule has 86 valence electrons. The fourth-order valence-electron chi connectivity index (χ4n) is 1.88. The van der Waals surface area contributed by atoms with Crippen LogP contribution in [-0.2, 0) is 0 Å². The highest BCUT2D eigenvalue weighted by Gasteiger charge is 2.17. The highest BCUT2D eigenvalue weighted by Crippen LogP contribution is 2.21. The van der Waals surface area contributed by atoms with Crippen LogP contribution in [0.15, 0.2) is 31.0 Å². The summed E-state index contributed by atoms with van der Waals surface area (Å²) in [7, 11) is 0. The Balaban J connectivity index is 2.11. The molecule has 1 saturated heterocycles. The van der Waals surface area contributed by atoms with Crippen molar-refractivity contribution in [3.8, 4) is 0 Å². The van der Waals surface area contributed by atoms with Gasteiger partial charge in [-0.2, -0.15) is 0 Å². The standard InChI is InChI=1S/C12H14F2N2/c1-2-15-5-7-16(8-6-15)12-4-3-10(13)9-11(12)14/h2-4,9H,1,5-8H2. The van der Waals surface area contributed by atoms with Gasteiger partial charge in [0.05, 0.1) is 5.69 Å². The Labute approximate surface area is 93.8 Å². The first-order chi connectivity index (χ1) is 7.70. The molecule has 0 amide bonds. The fraction of sp³-hybridized carbons (Fsp3) is 0.333. The van der Waals surface area contributed by atoms with Gasteiger partial charge in [0.2, 0.25) is 0 Å². The molecule has 2 rings (SSSR count). The van der Waals surface area contributed by atoms with Crippen molar-refractivity contribution in [2.75, 3.05) is 31.1 Å². The van der Waals surface area contributed by atoms with Crippen molar-refractivity contribution in [2.45, 2.75) is 0 Å². The minimum atomic E-state index is -0.536. The SMILES string of the molecule is C=CN1CCN(c2ccc(F)cc2F)CC1. The molecular weight excluding hydrogens is 210 g/mol. The van der Waals surface area contributed by atoms with Gasteiger partial charge >= 0.3 is 0 Å². The van der Waals surface area contributed by atoms with E-state index in [0.717, 1.165) is 32.2 Å². The van der Waals surface area contributed by atoms with Crippen molar-refractivity contribution >= 4 is 5.69 Å². The van der Waals surface area contributed by atoms with Gasteiger partial charge in [-0.1, -0.05) is 6.58 Å². The predicted molar refractivity (Wildman–Crippen MR) is 60.3 cm³/mol. The first kappa shape index (κ1) is 10.9. The largest absolute Gasteiger partial charge is 0.374 e. The van der Waals surface area contributed by atoms with E-state index in [9.17, 15) is 8.78 Å². The van der Waals surface area contributed by atoms with Crippen LogP contribution in [0.1, 0.15) is 0 Å². The first-order valence-electron chi connectivity index (χ1n) is 5.27. The number of benzene rings is 1. The third kappa shape index (κ3) is 2.15. The molecule has 0 saturated carbocycles. The maximum absolute atomic E-state index is 13.5. The molecule has 1 heterocycles. The van der Waals surface area contributed by atoms with Gasteiger partial charge in [0.1, 0.15) is 11.6 Å². The second-order valence-electron chi connectivity index (χ2n) is 3.80. The minimum Gasteiger partial charge on any atom is -0.374 e. The zero-order valence-corrected chi connectivity index (χ0v) is 9.00. The van der Waals surface area contributed by atoms with Crippen molar-refractivity contribution in [3.05, 3.63) is 42.6 Å². The highest BCUT2D eigenvalue weighted by molar-refractivity contribution is 5.48. The molecule has 2 nitrogen and oxygen atoms in total. The molecule has 0 atom stereocenters. The Kier molecular flexibility index (Phi) is 3.08. The summed E-state index contributed by atoms with van der Waals surface area (Å²) in [5, 5.41) is 0. The highest BCUT2D eigenvalue weighted by atomic mass is 19.1. The van der Waals surface area contributed by atoms with E-state index < -0.39 is 11.6 Å². The second-order valence-corrected chi connectivity index (χ2v) is 3.80. The van der Waals surface area contributed by atoms with Gasteiger partial charge in [-0.3, -0.25) is 0 Å². The summed E-state index contributed by atoms with van der Waals surface area (Å²) in [5.41, 5.74) is 0.477. The monoisotopic (exact) mass is 224 g/mol. The molecule has 1 aliphatic heterocycles. The molecule has 0 aliphatic carbocycles. The number of hydrogen-bond donors (Lipinski definition) is 0. The first-order valence-corrected chi connectivity index (χ1v) is 5.27. The van der Waals surface area contributed by atoms with E-state index in [0.29, 0.717) is 5.69 Å². The predicted octanol–water partition coefficient (Wildman–Crippen LogP) is 2.23. The normalized spacial score (nSPS) is 16.4. The second kappa shape index (κ2) is 4.51. The summed E-state index contributed by atoms with van der Waals surface area (Å²) in [6, 6.07) is 3.71. The molecule has 0 unspecified atom stereocenters. The number of piperazine rings is 1. The van der Waals surface area contributed by atoms with Gasteiger partial charge in [0, 0.05) is 32.2 Å². The van der Waals surface area contributed by atoms with Crippen molar-refractivity contribution < 1.29 is 8.78 Å². The summed E-state index contributed by atoms with van der Waals surface area (Å²) in [6.07, 6.45) is 1.79. The molecule has 0 spiro atoms. The molecule has 1 aromatic rings. The molecule has 0 N–H and O–H groups in total. The molecule has 1 fully saturated rings. The van der Waals surface area contributed by atoms with Crippen LogP contribution in [0.2, 0.25) is 0 Å². The van der Waals surface area contributed by atoms with E-state index in [-0.39, 0.29) is 0 Å². The van der Waals surface area contributed by atoms with Gasteiger partial charge in [0.25, 0.3) is 0 Å². The van der Waals surface area contributed by atoms with E-state index in [1.165, 1.54) is 12.1 Å². The molecule has 16 heavy (non-hydrogen) atoms. The summed E-state index contributed by atoms with van der Waals surface area (Å²) >= 11 is 0. The molecule has 4 heteroatoms. The fourth-order valence-corrected chi connectivity index (χ4v) is 1.88. The lowest BCUT2D eigenvalue weighted by molar-refractivity contribution is 0.348. The van der Waals surface area contributed by atoms with Crippen LogP contribution in [0.25, 0.3) is 0 Å². The Bertz CT molecular complexity index is 385. The van der Waals surface area contributed by atoms with Crippen LogP contribution in [-0.4, -0.2) is 31.1 Å². The summed E-state index contributed by atoms with van der Waals surface area (Å²) in [5.74, 6) is -1.03. The van der Waals surface area contributed by atoms with Gasteiger partial charge in [-0.15, -0.1) is 0 Å². The van der Waals surface area contributed by atoms with Crippen molar-refractivity contribution in [1.82, 2.24) is 4.90 Å². The van der Waals surface area contributed by atoms with Gasteiger partial charge in [0.15, 0.2) is 0 Å². The third-order valence-electron chi connectivity index (χ3n) is 2.82. The lowest BCUT2D eigenvalue weighted by Gasteiger charge is -2.35. The molecule has 1 aromatic carbocycles. The Morgan fingerprint density at radius 3 is 2.38 bits per heavy atom. The maximum Gasteiger partial charge on any atom is 0.149 e. The van der Waals surface area contributed by atoms with Crippen LogP contribution in [0, 0.1) is 11.6 Å². The number of halogens is 2. The molecule has 0 bridgehead atoms. The third-order valence-corrected chi connectivity index (χ3v) is 2.82. The van der Waals surface area contributed by atoms with Crippen LogP contribution >= 0.6 is 0 Å². The zero-order valence-electron chi connectivity index (χ0n) is 9.00. The maximum atomic E-state index is 13.5. The van der Waals surface area contributed by atoms with Gasteiger partial charge < -0.3 is 9.80 Å². The Morgan fingerprint density at radius 2 is 1.81 bits per heavy atom. The summed E-state index contributed by atoms with van der Waals surface area (Å²) in [6.45, 7) is 6.80. The molecule has 0 aromatic heterocycles. The zero-order chi connectivity index (χ0) is 11.5. The molecule has 0 radical (unpaired) electrons. The van der Waals surface area contributed by atoms with E-state index in [1.54, 1.807) is 6.20 Å². The van der Waals surface area contributed by atoms with Gasteiger partial charge in [-0.25, -0.2) is 8.78 Å². The topological polar surface area (TPSA) is 6.48 Å². The van der Waals surface area contributed by atoms with Crippen LogP contribution in [0.3, 0.4) is 0 Å². The summed E-state index contributed by atoms with van der Waals surface area (Å²) < 4.78 is 26.2. The quantitative estimate of drug-likeness (QED) is 0.760. The summed E-state index contributed by atoms with van der Waals surface area (Å²) in [4.78, 5) is 4.01. The number of nitrogens with zero attached hydrogens (tertiary/aromatic N) is 2. The van der Waals surface area contributed by atoms with Crippen LogP contribution < -0.4 is 4.90 Å². The lowest BCUT2D eigenvalue weighted by atomic mass is 10.2. The Morgan fingerprint density at radius 1 is 1.12 bits per heavy atom. The number of anilines is 1. The van der Waals surface area contributed by atoms with Gasteiger partial charge in [-0.05, 0) is 18.3 Å². The number of hydrogen-bond acceptors (Lipinski definition) is 2. The van der Waals surface area contributed by atoms with Crippen molar-refractivity contribution in [1.29, 1.82) is 0 Å². The van der Waals surface area contributed by atoms with E-state index in [2.05, 4.69) is 11.5 Å². The van der Waals surface area contributed by atoms with E-state index in [4.69, 9.17) is 0 Å². The lowest BCUT2D eigenvalue weighted by Crippen LogP contribution is -2.44. The van der Waals surface area contributed by atoms with Crippen LogP contribution in [0.5, 0.6) is 0 Å². The average molecular weight is 224 g/mol. The average Bonchev–Trinajstić information content (AvgIpc) is 2.29. The van der Waals surface area contributed by atoms with Crippen molar-refractivity contribution in [3.63, 3.8) is 0 Å². The van der Waals surface area contributed by atoms with Crippen molar-refractivity contribution in [2.24, 2.45) is 0 Å². The van der Waals surface area contributed by atoms with E-state index >= 15 is 0 Å². The Hall–Kier alpha value is -1.58. The minimum absolute atomic E-state index is 0.477.